The van der Waals surface area contributed by atoms with Gasteiger partial charge in [-0.1, -0.05) is 13.3 Å². The lowest BCUT2D eigenvalue weighted by atomic mass is 10.0. The number of guanidine groups is 1. The van der Waals surface area contributed by atoms with Gasteiger partial charge in [-0.05, 0) is 39.3 Å². The van der Waals surface area contributed by atoms with E-state index >= 15 is 0 Å². The van der Waals surface area contributed by atoms with E-state index in [2.05, 4.69) is 22.5 Å². The predicted molar refractivity (Wildman–Crippen MR) is 106 cm³/mol. The van der Waals surface area contributed by atoms with Gasteiger partial charge in [0.1, 0.15) is 0 Å². The maximum absolute atomic E-state index is 11.6. The van der Waals surface area contributed by atoms with Crippen LogP contribution in [0.4, 0.5) is 0 Å². The van der Waals surface area contributed by atoms with Gasteiger partial charge in [0.2, 0.25) is 0 Å². The van der Waals surface area contributed by atoms with Crippen molar-refractivity contribution >= 4 is 39.8 Å². The van der Waals surface area contributed by atoms with Gasteiger partial charge in [0, 0.05) is 18.6 Å². The molecular formula is C15H31IN4O2S. The number of nitrogens with one attached hydrogen (secondary N) is 2. The van der Waals surface area contributed by atoms with Crippen molar-refractivity contribution in [3.63, 3.8) is 0 Å². The van der Waals surface area contributed by atoms with E-state index < -0.39 is 9.84 Å². The van der Waals surface area contributed by atoms with Crippen LogP contribution < -0.4 is 10.6 Å². The number of sulfone groups is 1. The van der Waals surface area contributed by atoms with E-state index in [-0.39, 0.29) is 41.5 Å². The molecule has 136 valence electrons. The normalized spacial score (nSPS) is 28.2. The molecule has 0 amide bonds. The Hall–Kier alpha value is -0.0900. The molecule has 0 radical (unpaired) electrons. The van der Waals surface area contributed by atoms with E-state index in [1.54, 1.807) is 0 Å². The number of aliphatic imine (C=N–C) groups is 1. The Labute approximate surface area is 157 Å². The molecule has 0 aliphatic carbocycles. The number of piperidine rings is 1. The second kappa shape index (κ2) is 10.0. The smallest absolute Gasteiger partial charge is 0.191 e. The number of likely N-dealkylation sites (N-methyl/N-ethyl adjacent to an activating group) is 1. The maximum atomic E-state index is 11.6. The van der Waals surface area contributed by atoms with Crippen LogP contribution in [0.2, 0.25) is 0 Å². The van der Waals surface area contributed by atoms with Crippen LogP contribution in [0.25, 0.3) is 0 Å². The summed E-state index contributed by atoms with van der Waals surface area (Å²) < 4.78 is 23.1. The number of rotatable bonds is 5. The van der Waals surface area contributed by atoms with Crippen LogP contribution >= 0.6 is 24.0 Å². The van der Waals surface area contributed by atoms with Gasteiger partial charge in [0.15, 0.2) is 15.8 Å². The first-order chi connectivity index (χ1) is 10.5. The molecular weight excluding hydrogens is 427 g/mol. The van der Waals surface area contributed by atoms with Gasteiger partial charge >= 0.3 is 0 Å². The van der Waals surface area contributed by atoms with Crippen molar-refractivity contribution in [3.05, 3.63) is 0 Å². The first-order valence-electron chi connectivity index (χ1n) is 8.53. The minimum atomic E-state index is -2.86. The molecule has 2 N–H and O–H groups in total. The van der Waals surface area contributed by atoms with E-state index in [9.17, 15) is 8.42 Å². The van der Waals surface area contributed by atoms with Crippen molar-refractivity contribution < 1.29 is 8.42 Å². The molecule has 0 bridgehead atoms. The van der Waals surface area contributed by atoms with Crippen molar-refractivity contribution in [1.29, 1.82) is 0 Å². The van der Waals surface area contributed by atoms with E-state index in [1.807, 2.05) is 6.92 Å². The number of hydrogen-bond acceptors (Lipinski definition) is 4. The van der Waals surface area contributed by atoms with Crippen LogP contribution in [0.15, 0.2) is 4.99 Å². The lowest BCUT2D eigenvalue weighted by molar-refractivity contribution is 0.161. The number of hydrogen-bond donors (Lipinski definition) is 2. The molecule has 23 heavy (non-hydrogen) atoms. The van der Waals surface area contributed by atoms with Gasteiger partial charge in [-0.2, -0.15) is 0 Å². The summed E-state index contributed by atoms with van der Waals surface area (Å²) in [6, 6.07) is 0.512. The lowest BCUT2D eigenvalue weighted by Gasteiger charge is -2.34. The van der Waals surface area contributed by atoms with Crippen LogP contribution in [0.5, 0.6) is 0 Å². The summed E-state index contributed by atoms with van der Waals surface area (Å²) >= 11 is 0. The number of likely N-dealkylation sites (tertiary alicyclic amines) is 1. The quantitative estimate of drug-likeness (QED) is 0.368. The molecule has 2 rings (SSSR count). The monoisotopic (exact) mass is 458 g/mol. The highest BCUT2D eigenvalue weighted by Crippen LogP contribution is 2.17. The van der Waals surface area contributed by atoms with Crippen molar-refractivity contribution in [2.75, 3.05) is 37.7 Å². The van der Waals surface area contributed by atoms with E-state index in [0.29, 0.717) is 12.5 Å². The van der Waals surface area contributed by atoms with E-state index in [4.69, 9.17) is 4.99 Å². The van der Waals surface area contributed by atoms with Gasteiger partial charge < -0.3 is 10.6 Å². The van der Waals surface area contributed by atoms with Gasteiger partial charge in [-0.15, -0.1) is 24.0 Å². The Balaban J connectivity index is 0.00000264. The molecule has 8 heteroatoms. The third kappa shape index (κ3) is 6.74. The molecule has 0 aromatic carbocycles. The Bertz CT molecular complexity index is 484. The molecule has 2 aliphatic rings. The van der Waals surface area contributed by atoms with Crippen LogP contribution in [0.3, 0.4) is 0 Å². The lowest BCUT2D eigenvalue weighted by Crippen LogP contribution is -2.46. The zero-order valence-electron chi connectivity index (χ0n) is 14.3. The Morgan fingerprint density at radius 3 is 2.65 bits per heavy atom. The summed E-state index contributed by atoms with van der Waals surface area (Å²) in [6.07, 6.45) is 4.44. The standard InChI is InChI=1S/C15H30N4O2S.HI/c1-3-16-15(18-13-8-10-22(20,21)12-13)17-11-14-7-5-6-9-19(14)4-2;/h13-14H,3-12H2,1-2H3,(H2,16,17,18);1H. The topological polar surface area (TPSA) is 73.8 Å². The Kier molecular flexibility index (Phi) is 9.13. The molecule has 2 unspecified atom stereocenters. The SMILES string of the molecule is CCNC(=NCC1CCCCN1CC)NC1CCS(=O)(=O)C1.I. The summed E-state index contributed by atoms with van der Waals surface area (Å²) in [5.41, 5.74) is 0. The minimum absolute atomic E-state index is 0. The maximum Gasteiger partial charge on any atom is 0.191 e. The summed E-state index contributed by atoms with van der Waals surface area (Å²) in [6.45, 7) is 8.04. The molecule has 2 heterocycles. The van der Waals surface area contributed by atoms with Gasteiger partial charge in [-0.3, -0.25) is 9.89 Å². The fourth-order valence-electron chi connectivity index (χ4n) is 3.30. The summed E-state index contributed by atoms with van der Waals surface area (Å²) in [7, 11) is -2.86. The van der Waals surface area contributed by atoms with Crippen LogP contribution in [-0.4, -0.2) is 69.0 Å². The Morgan fingerprint density at radius 2 is 2.04 bits per heavy atom. The van der Waals surface area contributed by atoms with E-state index in [1.165, 1.54) is 25.8 Å². The average Bonchev–Trinajstić information content (AvgIpc) is 2.84. The van der Waals surface area contributed by atoms with Crippen molar-refractivity contribution in [3.8, 4) is 0 Å². The third-order valence-electron chi connectivity index (χ3n) is 4.53. The van der Waals surface area contributed by atoms with Crippen LogP contribution in [0.1, 0.15) is 39.5 Å². The molecule has 2 saturated heterocycles. The summed E-state index contributed by atoms with van der Waals surface area (Å²) in [5, 5.41) is 6.52. The average molecular weight is 458 g/mol. The van der Waals surface area contributed by atoms with Gasteiger partial charge in [0.05, 0.1) is 18.1 Å². The molecule has 0 aromatic rings. The fraction of sp³-hybridized carbons (Fsp3) is 0.933. The first kappa shape index (κ1) is 21.0. The summed E-state index contributed by atoms with van der Waals surface area (Å²) in [5.74, 6) is 1.27. The molecule has 0 saturated carbocycles. The molecule has 2 aliphatic heterocycles. The highest BCUT2D eigenvalue weighted by atomic mass is 127. The molecule has 2 atom stereocenters. The first-order valence-corrected chi connectivity index (χ1v) is 10.4. The van der Waals surface area contributed by atoms with Crippen molar-refractivity contribution in [1.82, 2.24) is 15.5 Å². The molecule has 6 nitrogen and oxygen atoms in total. The zero-order chi connectivity index (χ0) is 16.0. The fourth-order valence-corrected chi connectivity index (χ4v) is 4.98. The molecule has 0 spiro atoms. The largest absolute Gasteiger partial charge is 0.357 e. The van der Waals surface area contributed by atoms with Gasteiger partial charge in [0.25, 0.3) is 0 Å². The van der Waals surface area contributed by atoms with Crippen LogP contribution in [0, 0.1) is 0 Å². The third-order valence-corrected chi connectivity index (χ3v) is 6.30. The summed E-state index contributed by atoms with van der Waals surface area (Å²) in [4.78, 5) is 7.20. The number of halogens is 1. The Morgan fingerprint density at radius 1 is 1.26 bits per heavy atom. The van der Waals surface area contributed by atoms with Crippen molar-refractivity contribution in [2.24, 2.45) is 4.99 Å². The highest BCUT2D eigenvalue weighted by Gasteiger charge is 2.28. The minimum Gasteiger partial charge on any atom is -0.357 e. The second-order valence-electron chi connectivity index (χ2n) is 6.24. The predicted octanol–water partition coefficient (Wildman–Crippen LogP) is 1.22. The van der Waals surface area contributed by atoms with Crippen LogP contribution in [-0.2, 0) is 9.84 Å². The highest BCUT2D eigenvalue weighted by molar-refractivity contribution is 14.0. The zero-order valence-corrected chi connectivity index (χ0v) is 17.4. The molecule has 2 fully saturated rings. The second-order valence-corrected chi connectivity index (χ2v) is 8.47. The van der Waals surface area contributed by atoms with Crippen molar-refractivity contribution in [2.45, 2.75) is 51.6 Å². The van der Waals surface area contributed by atoms with E-state index in [0.717, 1.165) is 25.6 Å². The van der Waals surface area contributed by atoms with Gasteiger partial charge in [-0.25, -0.2) is 8.42 Å². The number of nitrogens with zero attached hydrogens (tertiary/aromatic N) is 2. The molecule has 0 aromatic heterocycles.